The fraction of sp³-hybridized carbons (Fsp3) is 0.533. The Bertz CT molecular complexity index is 571. The molecule has 0 aromatic heterocycles. The zero-order valence-corrected chi connectivity index (χ0v) is 12.5. The van der Waals surface area contributed by atoms with Gasteiger partial charge in [0.25, 0.3) is 0 Å². The van der Waals surface area contributed by atoms with Gasteiger partial charge < -0.3 is 4.74 Å². The van der Waals surface area contributed by atoms with Crippen LogP contribution in [0.3, 0.4) is 0 Å². The van der Waals surface area contributed by atoms with Gasteiger partial charge in [0.05, 0.1) is 16.9 Å². The van der Waals surface area contributed by atoms with E-state index in [1.165, 1.54) is 12.1 Å². The SMILES string of the molecule is CCC1CCC(C#N)C(Oc2ccc(Cl)cc2[N+](=O)[O-])C1. The maximum atomic E-state index is 11.1. The number of nitro benzene ring substituents is 1. The van der Waals surface area contributed by atoms with Crippen LogP contribution in [0.2, 0.25) is 5.02 Å². The molecule has 0 N–H and O–H groups in total. The summed E-state index contributed by atoms with van der Waals surface area (Å²) in [4.78, 5) is 10.6. The summed E-state index contributed by atoms with van der Waals surface area (Å²) >= 11 is 5.79. The van der Waals surface area contributed by atoms with E-state index in [1.807, 2.05) is 0 Å². The summed E-state index contributed by atoms with van der Waals surface area (Å²) in [6.45, 7) is 2.11. The Kier molecular flexibility index (Phi) is 5.03. The lowest BCUT2D eigenvalue weighted by Crippen LogP contribution is -2.33. The quantitative estimate of drug-likeness (QED) is 0.612. The number of halogens is 1. The molecular formula is C15H17ClN2O3. The van der Waals surface area contributed by atoms with Crippen LogP contribution in [0.25, 0.3) is 0 Å². The van der Waals surface area contributed by atoms with Crippen LogP contribution in [0, 0.1) is 33.3 Å². The number of nitriles is 1. The van der Waals surface area contributed by atoms with Crippen molar-refractivity contribution in [2.45, 2.75) is 38.7 Å². The van der Waals surface area contributed by atoms with E-state index in [9.17, 15) is 15.4 Å². The first kappa shape index (κ1) is 15.6. The highest BCUT2D eigenvalue weighted by atomic mass is 35.5. The first-order valence-corrected chi connectivity index (χ1v) is 7.43. The van der Waals surface area contributed by atoms with Crippen LogP contribution in [0.15, 0.2) is 18.2 Å². The van der Waals surface area contributed by atoms with Crippen molar-refractivity contribution in [1.82, 2.24) is 0 Å². The van der Waals surface area contributed by atoms with Crippen LogP contribution < -0.4 is 4.74 Å². The third kappa shape index (κ3) is 3.64. The molecule has 2 rings (SSSR count). The van der Waals surface area contributed by atoms with E-state index < -0.39 is 4.92 Å². The Labute approximate surface area is 128 Å². The summed E-state index contributed by atoms with van der Waals surface area (Å²) in [6, 6.07) is 6.60. The summed E-state index contributed by atoms with van der Waals surface area (Å²) in [5, 5.41) is 20.6. The van der Waals surface area contributed by atoms with Crippen molar-refractivity contribution >= 4 is 17.3 Å². The number of nitro groups is 1. The van der Waals surface area contributed by atoms with Crippen molar-refractivity contribution < 1.29 is 9.66 Å². The summed E-state index contributed by atoms with van der Waals surface area (Å²) in [6.07, 6.45) is 3.28. The molecule has 0 spiro atoms. The molecule has 1 aromatic carbocycles. The van der Waals surface area contributed by atoms with Gasteiger partial charge in [0, 0.05) is 11.1 Å². The average molecular weight is 309 g/mol. The Morgan fingerprint density at radius 1 is 1.52 bits per heavy atom. The monoisotopic (exact) mass is 308 g/mol. The molecule has 0 aliphatic heterocycles. The molecule has 1 aromatic rings. The zero-order chi connectivity index (χ0) is 15.4. The fourth-order valence-corrected chi connectivity index (χ4v) is 2.92. The molecule has 1 aliphatic rings. The molecular weight excluding hydrogens is 292 g/mol. The Morgan fingerprint density at radius 3 is 2.90 bits per heavy atom. The molecule has 0 bridgehead atoms. The molecule has 1 fully saturated rings. The highest BCUT2D eigenvalue weighted by molar-refractivity contribution is 6.30. The number of hydrogen-bond donors (Lipinski definition) is 0. The topological polar surface area (TPSA) is 76.2 Å². The lowest BCUT2D eigenvalue weighted by atomic mass is 9.79. The average Bonchev–Trinajstić information content (AvgIpc) is 2.48. The lowest BCUT2D eigenvalue weighted by Gasteiger charge is -2.32. The molecule has 3 atom stereocenters. The van der Waals surface area contributed by atoms with E-state index in [4.69, 9.17) is 16.3 Å². The minimum absolute atomic E-state index is 0.155. The van der Waals surface area contributed by atoms with Crippen LogP contribution in [0.1, 0.15) is 32.6 Å². The lowest BCUT2D eigenvalue weighted by molar-refractivity contribution is -0.386. The fourth-order valence-electron chi connectivity index (χ4n) is 2.76. The van der Waals surface area contributed by atoms with E-state index in [0.29, 0.717) is 10.9 Å². The van der Waals surface area contributed by atoms with E-state index in [1.54, 1.807) is 6.07 Å². The number of ether oxygens (including phenoxy) is 1. The minimum atomic E-state index is -0.511. The molecule has 21 heavy (non-hydrogen) atoms. The van der Waals surface area contributed by atoms with Crippen molar-refractivity contribution in [2.75, 3.05) is 0 Å². The first-order valence-electron chi connectivity index (χ1n) is 7.05. The van der Waals surface area contributed by atoms with Crippen LogP contribution >= 0.6 is 11.6 Å². The zero-order valence-electron chi connectivity index (χ0n) is 11.8. The van der Waals surface area contributed by atoms with Gasteiger partial charge in [-0.1, -0.05) is 24.9 Å². The Morgan fingerprint density at radius 2 is 2.29 bits per heavy atom. The molecule has 0 heterocycles. The first-order chi connectivity index (χ1) is 10.0. The number of nitrogens with zero attached hydrogens (tertiary/aromatic N) is 2. The van der Waals surface area contributed by atoms with Crippen LogP contribution in [-0.2, 0) is 0 Å². The van der Waals surface area contributed by atoms with Gasteiger partial charge in [-0.3, -0.25) is 10.1 Å². The smallest absolute Gasteiger partial charge is 0.312 e. The van der Waals surface area contributed by atoms with E-state index in [0.717, 1.165) is 25.7 Å². The van der Waals surface area contributed by atoms with Gasteiger partial charge in [0.2, 0.25) is 0 Å². The van der Waals surface area contributed by atoms with Gasteiger partial charge in [-0.2, -0.15) is 5.26 Å². The minimum Gasteiger partial charge on any atom is -0.482 e. The Balaban J connectivity index is 2.23. The summed E-state index contributed by atoms with van der Waals surface area (Å²) in [5.74, 6) is 0.473. The highest BCUT2D eigenvalue weighted by Crippen LogP contribution is 2.37. The maximum Gasteiger partial charge on any atom is 0.312 e. The van der Waals surface area contributed by atoms with Crippen molar-refractivity contribution in [3.8, 4) is 11.8 Å². The normalized spacial score (nSPS) is 25.1. The number of hydrogen-bond acceptors (Lipinski definition) is 4. The third-order valence-electron chi connectivity index (χ3n) is 4.04. The van der Waals surface area contributed by atoms with Gasteiger partial charge >= 0.3 is 5.69 Å². The molecule has 0 amide bonds. The predicted molar refractivity (Wildman–Crippen MR) is 79.3 cm³/mol. The molecule has 1 saturated carbocycles. The van der Waals surface area contributed by atoms with Gasteiger partial charge in [-0.15, -0.1) is 0 Å². The molecule has 112 valence electrons. The van der Waals surface area contributed by atoms with Crippen LogP contribution in [0.4, 0.5) is 5.69 Å². The molecule has 0 saturated heterocycles. The summed E-state index contributed by atoms with van der Waals surface area (Å²) in [7, 11) is 0. The van der Waals surface area contributed by atoms with E-state index >= 15 is 0 Å². The van der Waals surface area contributed by atoms with Crippen molar-refractivity contribution in [3.63, 3.8) is 0 Å². The van der Waals surface area contributed by atoms with Gasteiger partial charge in [0.1, 0.15) is 6.10 Å². The maximum absolute atomic E-state index is 11.1. The molecule has 6 heteroatoms. The molecule has 5 nitrogen and oxygen atoms in total. The van der Waals surface area contributed by atoms with E-state index in [-0.39, 0.29) is 23.5 Å². The second kappa shape index (κ2) is 6.77. The van der Waals surface area contributed by atoms with Crippen LogP contribution in [0.5, 0.6) is 5.75 Å². The van der Waals surface area contributed by atoms with Crippen LogP contribution in [-0.4, -0.2) is 11.0 Å². The largest absolute Gasteiger partial charge is 0.482 e. The Hall–Kier alpha value is -1.80. The third-order valence-corrected chi connectivity index (χ3v) is 4.27. The highest BCUT2D eigenvalue weighted by Gasteiger charge is 2.33. The molecule has 0 radical (unpaired) electrons. The summed E-state index contributed by atoms with van der Waals surface area (Å²) < 4.78 is 5.82. The second-order valence-corrected chi connectivity index (χ2v) is 5.78. The summed E-state index contributed by atoms with van der Waals surface area (Å²) in [5.41, 5.74) is -0.155. The molecule has 3 unspecified atom stereocenters. The van der Waals surface area contributed by atoms with Gasteiger partial charge in [-0.05, 0) is 37.3 Å². The van der Waals surface area contributed by atoms with Crippen molar-refractivity contribution in [1.29, 1.82) is 5.26 Å². The van der Waals surface area contributed by atoms with Gasteiger partial charge in [-0.25, -0.2) is 0 Å². The number of rotatable bonds is 4. The van der Waals surface area contributed by atoms with Crippen molar-refractivity contribution in [2.24, 2.45) is 11.8 Å². The van der Waals surface area contributed by atoms with E-state index in [2.05, 4.69) is 13.0 Å². The predicted octanol–water partition coefficient (Wildman–Crippen LogP) is 4.35. The number of benzene rings is 1. The standard InChI is InChI=1S/C15H17ClN2O3/c1-2-10-3-4-11(9-17)15(7-10)21-14-6-5-12(16)8-13(14)18(19)20/h5-6,8,10-11,15H,2-4,7H2,1H3. The van der Waals surface area contributed by atoms with Gasteiger partial charge in [0.15, 0.2) is 5.75 Å². The second-order valence-electron chi connectivity index (χ2n) is 5.35. The molecule has 1 aliphatic carbocycles. The van der Waals surface area contributed by atoms with Crippen molar-refractivity contribution in [3.05, 3.63) is 33.3 Å².